The Hall–Kier alpha value is -1.91. The maximum atomic E-state index is 11.9. The van der Waals surface area contributed by atoms with Gasteiger partial charge in [0.25, 0.3) is 0 Å². The van der Waals surface area contributed by atoms with Crippen LogP contribution in [0.25, 0.3) is 5.65 Å². The first kappa shape index (κ1) is 11.6. The van der Waals surface area contributed by atoms with Crippen LogP contribution in [0.5, 0.6) is 0 Å². The average molecular weight is 233 g/mol. The van der Waals surface area contributed by atoms with Crippen LogP contribution >= 0.6 is 0 Å². The highest BCUT2D eigenvalue weighted by atomic mass is 16.5. The first-order chi connectivity index (χ1) is 8.06. The highest BCUT2D eigenvalue weighted by Gasteiger charge is 2.19. The molecule has 2 heterocycles. The molecule has 0 radical (unpaired) electrons. The minimum Gasteiger partial charge on any atom is -0.461 e. The molecule has 17 heavy (non-hydrogen) atoms. The normalized spacial score (nSPS) is 10.8. The Bertz CT molecular complexity index is 587. The van der Waals surface area contributed by atoms with Crippen molar-refractivity contribution in [1.82, 2.24) is 14.4 Å². The van der Waals surface area contributed by atoms with Crippen LogP contribution in [0.4, 0.5) is 0 Å². The summed E-state index contributed by atoms with van der Waals surface area (Å²) in [6.07, 6.45) is 1.66. The largest absolute Gasteiger partial charge is 0.461 e. The van der Waals surface area contributed by atoms with Crippen molar-refractivity contribution in [2.75, 3.05) is 6.61 Å². The number of rotatable bonds is 2. The Morgan fingerprint density at radius 1 is 1.35 bits per heavy atom. The van der Waals surface area contributed by atoms with Crippen molar-refractivity contribution in [1.29, 1.82) is 0 Å². The zero-order valence-corrected chi connectivity index (χ0v) is 10.4. The molecule has 0 aliphatic heterocycles. The van der Waals surface area contributed by atoms with Crippen molar-refractivity contribution in [3.8, 4) is 0 Å². The molecule has 0 fully saturated rings. The Labute approximate surface area is 99.5 Å². The van der Waals surface area contributed by atoms with Gasteiger partial charge in [0.05, 0.1) is 24.2 Å². The van der Waals surface area contributed by atoms with Gasteiger partial charge in [-0.2, -0.15) is 0 Å². The van der Waals surface area contributed by atoms with Gasteiger partial charge >= 0.3 is 5.97 Å². The Morgan fingerprint density at radius 2 is 2.06 bits per heavy atom. The monoisotopic (exact) mass is 233 g/mol. The summed E-state index contributed by atoms with van der Waals surface area (Å²) in [5.74, 6) is -0.341. The van der Waals surface area contributed by atoms with E-state index in [4.69, 9.17) is 4.74 Å². The van der Waals surface area contributed by atoms with Crippen LogP contribution in [0.2, 0.25) is 0 Å². The zero-order chi connectivity index (χ0) is 12.6. The lowest BCUT2D eigenvalue weighted by molar-refractivity contribution is 0.0517. The minimum atomic E-state index is -0.341. The SMILES string of the molecule is CCOC(=O)c1c(C)nc2cnc(C)c(C)n12. The average Bonchev–Trinajstić information content (AvgIpc) is 2.61. The molecule has 0 aliphatic rings. The van der Waals surface area contributed by atoms with Crippen LogP contribution in [0.3, 0.4) is 0 Å². The van der Waals surface area contributed by atoms with E-state index in [9.17, 15) is 4.79 Å². The molecule has 2 aromatic rings. The predicted molar refractivity (Wildman–Crippen MR) is 63.2 cm³/mol. The van der Waals surface area contributed by atoms with Crippen LogP contribution in [0.15, 0.2) is 6.20 Å². The first-order valence-electron chi connectivity index (χ1n) is 5.54. The Kier molecular flexibility index (Phi) is 2.83. The van der Waals surface area contributed by atoms with Crippen LogP contribution in [-0.4, -0.2) is 26.9 Å². The van der Waals surface area contributed by atoms with E-state index < -0.39 is 0 Å². The van der Waals surface area contributed by atoms with E-state index in [-0.39, 0.29) is 5.97 Å². The molecule has 5 nitrogen and oxygen atoms in total. The molecule has 0 bridgehead atoms. The molecule has 0 amide bonds. The lowest BCUT2D eigenvalue weighted by atomic mass is 10.3. The fourth-order valence-electron chi connectivity index (χ4n) is 1.83. The van der Waals surface area contributed by atoms with Crippen LogP contribution < -0.4 is 0 Å². The van der Waals surface area contributed by atoms with Gasteiger partial charge in [-0.3, -0.25) is 9.38 Å². The van der Waals surface area contributed by atoms with E-state index >= 15 is 0 Å². The lowest BCUT2D eigenvalue weighted by Crippen LogP contribution is -2.11. The number of aryl methyl sites for hydroxylation is 3. The summed E-state index contributed by atoms with van der Waals surface area (Å²) in [5.41, 5.74) is 3.61. The van der Waals surface area contributed by atoms with E-state index in [2.05, 4.69) is 9.97 Å². The van der Waals surface area contributed by atoms with Crippen LogP contribution in [-0.2, 0) is 4.74 Å². The van der Waals surface area contributed by atoms with Gasteiger partial charge in [-0.1, -0.05) is 0 Å². The van der Waals surface area contributed by atoms with Crippen LogP contribution in [0, 0.1) is 20.8 Å². The van der Waals surface area contributed by atoms with Gasteiger partial charge in [-0.15, -0.1) is 0 Å². The molecule has 2 aromatic heterocycles. The third-order valence-corrected chi connectivity index (χ3v) is 2.78. The van der Waals surface area contributed by atoms with Crippen molar-refractivity contribution in [3.63, 3.8) is 0 Å². The maximum absolute atomic E-state index is 11.9. The van der Waals surface area contributed by atoms with Gasteiger partial charge < -0.3 is 4.74 Å². The molecule has 0 unspecified atom stereocenters. The highest BCUT2D eigenvalue weighted by molar-refractivity contribution is 5.90. The molecule has 0 atom stereocenters. The molecule has 0 saturated carbocycles. The van der Waals surface area contributed by atoms with Gasteiger partial charge in [0.15, 0.2) is 11.3 Å². The molecule has 0 spiro atoms. The number of imidazole rings is 1. The van der Waals surface area contributed by atoms with E-state index in [0.29, 0.717) is 23.6 Å². The first-order valence-corrected chi connectivity index (χ1v) is 5.54. The van der Waals surface area contributed by atoms with Crippen molar-refractivity contribution in [3.05, 3.63) is 29.0 Å². The van der Waals surface area contributed by atoms with Crippen LogP contribution in [0.1, 0.15) is 34.5 Å². The van der Waals surface area contributed by atoms with Crippen molar-refractivity contribution in [2.24, 2.45) is 0 Å². The highest BCUT2D eigenvalue weighted by Crippen LogP contribution is 2.16. The van der Waals surface area contributed by atoms with Gasteiger partial charge in [0, 0.05) is 5.69 Å². The smallest absolute Gasteiger partial charge is 0.357 e. The minimum absolute atomic E-state index is 0.341. The number of aromatic nitrogens is 3. The summed E-state index contributed by atoms with van der Waals surface area (Å²) in [4.78, 5) is 20.4. The predicted octanol–water partition coefficient (Wildman–Crippen LogP) is 1.83. The number of nitrogens with zero attached hydrogens (tertiary/aromatic N) is 3. The van der Waals surface area contributed by atoms with Crippen molar-refractivity contribution >= 4 is 11.6 Å². The number of hydrogen-bond donors (Lipinski definition) is 0. The molecule has 0 N–H and O–H groups in total. The van der Waals surface area contributed by atoms with E-state index in [0.717, 1.165) is 11.4 Å². The number of carbonyl (C=O) groups excluding carboxylic acids is 1. The lowest BCUT2D eigenvalue weighted by Gasteiger charge is -2.07. The molecule has 90 valence electrons. The fourth-order valence-corrected chi connectivity index (χ4v) is 1.83. The van der Waals surface area contributed by atoms with Crippen molar-refractivity contribution < 1.29 is 9.53 Å². The molecular formula is C12H15N3O2. The second-order valence-electron chi connectivity index (χ2n) is 3.89. The van der Waals surface area contributed by atoms with E-state index in [1.54, 1.807) is 24.4 Å². The molecule has 0 aromatic carbocycles. The molecule has 0 saturated heterocycles. The Balaban J connectivity index is 2.73. The zero-order valence-electron chi connectivity index (χ0n) is 10.4. The van der Waals surface area contributed by atoms with E-state index in [1.807, 2.05) is 13.8 Å². The van der Waals surface area contributed by atoms with Gasteiger partial charge in [0.1, 0.15) is 0 Å². The van der Waals surface area contributed by atoms with E-state index in [1.165, 1.54) is 0 Å². The second-order valence-corrected chi connectivity index (χ2v) is 3.89. The maximum Gasteiger partial charge on any atom is 0.357 e. The third kappa shape index (κ3) is 1.77. The van der Waals surface area contributed by atoms with Gasteiger partial charge in [-0.25, -0.2) is 9.78 Å². The third-order valence-electron chi connectivity index (χ3n) is 2.78. The fraction of sp³-hybridized carbons (Fsp3) is 0.417. The Morgan fingerprint density at radius 3 is 2.71 bits per heavy atom. The van der Waals surface area contributed by atoms with Crippen molar-refractivity contribution in [2.45, 2.75) is 27.7 Å². The molecule has 5 heteroatoms. The number of ether oxygens (including phenoxy) is 1. The summed E-state index contributed by atoms with van der Waals surface area (Å²) in [7, 11) is 0. The summed E-state index contributed by atoms with van der Waals surface area (Å²) >= 11 is 0. The summed E-state index contributed by atoms with van der Waals surface area (Å²) in [6, 6.07) is 0. The summed E-state index contributed by atoms with van der Waals surface area (Å²) < 4.78 is 6.85. The number of hydrogen-bond acceptors (Lipinski definition) is 4. The number of esters is 1. The second kappa shape index (κ2) is 4.16. The molecule has 2 rings (SSSR count). The summed E-state index contributed by atoms with van der Waals surface area (Å²) in [6.45, 7) is 7.76. The topological polar surface area (TPSA) is 56.5 Å². The summed E-state index contributed by atoms with van der Waals surface area (Å²) in [5, 5.41) is 0. The number of carbonyl (C=O) groups is 1. The molecular weight excluding hydrogens is 218 g/mol. The van der Waals surface area contributed by atoms with Gasteiger partial charge in [-0.05, 0) is 27.7 Å². The quantitative estimate of drug-likeness (QED) is 0.742. The van der Waals surface area contributed by atoms with Gasteiger partial charge in [0.2, 0.25) is 0 Å². The number of fused-ring (bicyclic) bond motifs is 1. The standard InChI is InChI=1S/C12H15N3O2/c1-5-17-12(16)11-8(3)14-10-6-13-7(2)9(4)15(10)11/h6H,5H2,1-4H3. The molecule has 0 aliphatic carbocycles.